The first kappa shape index (κ1) is 42.1. The maximum absolute atomic E-state index is 14.1. The summed E-state index contributed by atoms with van der Waals surface area (Å²) in [6.45, 7) is 11.2. The molecule has 13 atom stereocenters. The van der Waals surface area contributed by atoms with Crippen LogP contribution in [0.2, 0.25) is 5.02 Å². The fourth-order valence-corrected chi connectivity index (χ4v) is 7.18. The number of ether oxygens (including phenoxy) is 4. The number of aliphatic hydroxyl groups is 4. The van der Waals surface area contributed by atoms with E-state index < -0.39 is 77.5 Å². The minimum atomic E-state index is -2.17. The third kappa shape index (κ3) is 9.36. The normalized spacial score (nSPS) is 40.6. The van der Waals surface area contributed by atoms with E-state index in [0.717, 1.165) is 0 Å². The Kier molecular flexibility index (Phi) is 14.7. The Bertz CT molecular complexity index is 1380. The first-order valence-corrected chi connectivity index (χ1v) is 17.6. The summed E-state index contributed by atoms with van der Waals surface area (Å²) in [5.74, 6) is -4.47. The first-order chi connectivity index (χ1) is 23.3. The molecule has 50 heavy (non-hydrogen) atoms. The second-order valence-electron chi connectivity index (χ2n) is 14.4. The van der Waals surface area contributed by atoms with Crippen molar-refractivity contribution in [3.8, 4) is 0 Å². The second kappa shape index (κ2) is 17.5. The standard InChI is InChI=1S/C36H56ClN3O10/c1-11-26-36(7,46)31(44)30(43)27(39-38-18-23-14-12-13-15-24(23)37)19(2)17-35(6,47-10)32(21(4)28(41)22(5)33(45)49-26)50-34-29(42)25(40(8)9)16-20(3)48-34/h12-15,18-22,25-26,29-32,34,42-44,46H,11,16-17H2,1-10H3/b38-18-,39-27-/t19-,20-,21+,22-,25+,26-,29-,30+,31-,32?,34+,35-,36-/m1/s1. The molecule has 14 heteroatoms. The van der Waals surface area contributed by atoms with E-state index in [9.17, 15) is 30.0 Å². The van der Waals surface area contributed by atoms with E-state index in [0.29, 0.717) is 17.0 Å². The molecule has 0 radical (unpaired) electrons. The van der Waals surface area contributed by atoms with Gasteiger partial charge in [0.2, 0.25) is 0 Å². The summed E-state index contributed by atoms with van der Waals surface area (Å²) in [4.78, 5) is 29.4. The van der Waals surface area contributed by atoms with Crippen molar-refractivity contribution in [2.45, 2.75) is 128 Å². The third-order valence-electron chi connectivity index (χ3n) is 10.3. The minimum Gasteiger partial charge on any atom is -0.459 e. The van der Waals surface area contributed by atoms with Gasteiger partial charge in [0.25, 0.3) is 0 Å². The van der Waals surface area contributed by atoms with Crippen LogP contribution < -0.4 is 0 Å². The van der Waals surface area contributed by atoms with Gasteiger partial charge in [-0.2, -0.15) is 10.2 Å². The van der Waals surface area contributed by atoms with E-state index >= 15 is 0 Å². The number of esters is 1. The van der Waals surface area contributed by atoms with Gasteiger partial charge in [-0.05, 0) is 67.1 Å². The highest BCUT2D eigenvalue weighted by Gasteiger charge is 2.52. The molecule has 0 bridgehead atoms. The van der Waals surface area contributed by atoms with E-state index in [1.807, 2.05) is 25.9 Å². The van der Waals surface area contributed by atoms with E-state index in [4.69, 9.17) is 30.5 Å². The predicted octanol–water partition coefficient (Wildman–Crippen LogP) is 3.01. The lowest BCUT2D eigenvalue weighted by atomic mass is 9.75. The summed E-state index contributed by atoms with van der Waals surface area (Å²) >= 11 is 6.30. The Morgan fingerprint density at radius 3 is 2.32 bits per heavy atom. The van der Waals surface area contributed by atoms with Crippen molar-refractivity contribution in [2.24, 2.45) is 28.0 Å². The maximum Gasteiger partial charge on any atom is 0.316 e. The van der Waals surface area contributed by atoms with Gasteiger partial charge in [-0.25, -0.2) is 0 Å². The molecule has 2 saturated heterocycles. The molecule has 3 rings (SSSR count). The number of hydrogen-bond acceptors (Lipinski definition) is 13. The smallest absolute Gasteiger partial charge is 0.316 e. The quantitative estimate of drug-likeness (QED) is 0.141. The number of carbonyl (C=O) groups excluding carboxylic acids is 2. The Morgan fingerprint density at radius 1 is 1.10 bits per heavy atom. The van der Waals surface area contributed by atoms with Crippen LogP contribution in [0.4, 0.5) is 0 Å². The molecule has 0 amide bonds. The topological polar surface area (TPSA) is 180 Å². The summed E-state index contributed by atoms with van der Waals surface area (Å²) in [5.41, 5.74) is -2.98. The first-order valence-electron chi connectivity index (χ1n) is 17.2. The molecule has 0 aliphatic carbocycles. The van der Waals surface area contributed by atoms with Gasteiger partial charge in [0.05, 0.1) is 29.7 Å². The average molecular weight is 726 g/mol. The highest BCUT2D eigenvalue weighted by molar-refractivity contribution is 6.33. The summed E-state index contributed by atoms with van der Waals surface area (Å²) in [7, 11) is 5.14. The van der Waals surface area contributed by atoms with Crippen LogP contribution in [0.3, 0.4) is 0 Å². The number of Topliss-reactive ketones (excluding diaryl/α,β-unsaturated/α-hetero) is 1. The van der Waals surface area contributed by atoms with Crippen molar-refractivity contribution >= 4 is 35.3 Å². The van der Waals surface area contributed by atoms with Crippen LogP contribution in [0.1, 0.15) is 73.3 Å². The second-order valence-corrected chi connectivity index (χ2v) is 14.8. The lowest BCUT2D eigenvalue weighted by Gasteiger charge is -2.47. The zero-order valence-corrected chi connectivity index (χ0v) is 31.6. The van der Waals surface area contributed by atoms with Gasteiger partial charge in [-0.1, -0.05) is 50.6 Å². The number of hydrogen-bond donors (Lipinski definition) is 4. The van der Waals surface area contributed by atoms with Gasteiger partial charge in [-0.15, -0.1) is 0 Å². The van der Waals surface area contributed by atoms with Gasteiger partial charge in [0.15, 0.2) is 12.1 Å². The van der Waals surface area contributed by atoms with E-state index in [1.54, 1.807) is 52.0 Å². The molecule has 2 fully saturated rings. The van der Waals surface area contributed by atoms with Crippen molar-refractivity contribution in [1.82, 2.24) is 4.90 Å². The molecule has 4 N–H and O–H groups in total. The van der Waals surface area contributed by atoms with E-state index in [1.165, 1.54) is 27.2 Å². The largest absolute Gasteiger partial charge is 0.459 e. The Labute approximate surface area is 300 Å². The summed E-state index contributed by atoms with van der Waals surface area (Å²) in [6.07, 6.45) is -6.58. The summed E-state index contributed by atoms with van der Waals surface area (Å²) in [6, 6.07) is 6.64. The van der Waals surface area contributed by atoms with Crippen LogP contribution in [-0.2, 0) is 28.5 Å². The number of nitrogens with zero attached hydrogens (tertiary/aromatic N) is 3. The number of aliphatic hydroxyl groups excluding tert-OH is 3. The Hall–Kier alpha value is -2.33. The number of carbonyl (C=O) groups is 2. The van der Waals surface area contributed by atoms with Crippen molar-refractivity contribution in [2.75, 3.05) is 21.2 Å². The molecule has 282 valence electrons. The molecule has 0 spiro atoms. The van der Waals surface area contributed by atoms with Crippen molar-refractivity contribution in [3.05, 3.63) is 34.9 Å². The molecule has 0 aromatic heterocycles. The third-order valence-corrected chi connectivity index (χ3v) is 10.6. The van der Waals surface area contributed by atoms with Gasteiger partial charge in [0.1, 0.15) is 35.9 Å². The monoisotopic (exact) mass is 725 g/mol. The molecule has 1 unspecified atom stereocenters. The number of rotatable bonds is 7. The zero-order chi connectivity index (χ0) is 37.7. The molecule has 1 aromatic carbocycles. The summed E-state index contributed by atoms with van der Waals surface area (Å²) in [5, 5.41) is 55.0. The number of benzene rings is 1. The molecule has 13 nitrogen and oxygen atoms in total. The number of methoxy groups -OCH3 is 1. The number of halogens is 1. The van der Waals surface area contributed by atoms with Crippen molar-refractivity contribution < 1.29 is 49.0 Å². The number of ketones is 1. The summed E-state index contributed by atoms with van der Waals surface area (Å²) < 4.78 is 24.4. The Balaban J connectivity index is 2.19. The molecule has 1 aromatic rings. The molecular formula is C36H56ClN3O10. The Morgan fingerprint density at radius 2 is 1.74 bits per heavy atom. The van der Waals surface area contributed by atoms with Crippen LogP contribution in [0, 0.1) is 17.8 Å². The SMILES string of the molecule is CC[C@H]1OC(=O)[C@H](C)C(=O)[C@H](C)C(O[C@@H]2O[C@H](C)C[C@H](N(C)C)[C@H]2O)[C@](C)(OC)C[C@@H](C)/C(=N/N=C\c2ccccc2Cl)[C@H](O)[C@@H](O)[C@]1(C)O. The average Bonchev–Trinajstić information content (AvgIpc) is 3.07. The molecule has 0 saturated carbocycles. The van der Waals surface area contributed by atoms with Crippen LogP contribution in [0.25, 0.3) is 0 Å². The zero-order valence-electron chi connectivity index (χ0n) is 30.8. The highest BCUT2D eigenvalue weighted by atomic mass is 35.5. The molecule has 2 aliphatic rings. The maximum atomic E-state index is 14.1. The van der Waals surface area contributed by atoms with Gasteiger partial charge in [-0.3, -0.25) is 9.59 Å². The lowest BCUT2D eigenvalue weighted by molar-refractivity contribution is -0.295. The predicted molar refractivity (Wildman–Crippen MR) is 189 cm³/mol. The molecule has 2 heterocycles. The van der Waals surface area contributed by atoms with Crippen LogP contribution in [-0.4, -0.2) is 130 Å². The van der Waals surface area contributed by atoms with Crippen LogP contribution in [0.15, 0.2) is 34.5 Å². The highest BCUT2D eigenvalue weighted by Crippen LogP contribution is 2.38. The molecular weight excluding hydrogens is 670 g/mol. The van der Waals surface area contributed by atoms with E-state index in [2.05, 4.69) is 10.2 Å². The van der Waals surface area contributed by atoms with Crippen LogP contribution >= 0.6 is 11.6 Å². The van der Waals surface area contributed by atoms with Gasteiger partial charge < -0.3 is 44.3 Å². The van der Waals surface area contributed by atoms with E-state index in [-0.39, 0.29) is 30.7 Å². The minimum absolute atomic E-state index is 0.0241. The fraction of sp³-hybridized carbons (Fsp3) is 0.722. The number of cyclic esters (lactones) is 1. The fourth-order valence-electron chi connectivity index (χ4n) is 6.99. The molecule has 2 aliphatic heterocycles. The van der Waals surface area contributed by atoms with Crippen molar-refractivity contribution in [1.29, 1.82) is 0 Å². The van der Waals surface area contributed by atoms with Gasteiger partial charge >= 0.3 is 5.97 Å². The van der Waals surface area contributed by atoms with Crippen molar-refractivity contribution in [3.63, 3.8) is 0 Å². The van der Waals surface area contributed by atoms with Gasteiger partial charge in [0, 0.05) is 35.6 Å². The number of likely N-dealkylation sites (N-methyl/N-ethyl adjacent to an activating group) is 1. The lowest BCUT2D eigenvalue weighted by Crippen LogP contribution is -2.60. The van der Waals surface area contributed by atoms with Crippen LogP contribution in [0.5, 0.6) is 0 Å².